The summed E-state index contributed by atoms with van der Waals surface area (Å²) >= 11 is 12.2. The van der Waals surface area contributed by atoms with Crippen LogP contribution in [0.2, 0.25) is 5.02 Å². The average Bonchev–Trinajstić information content (AvgIpc) is 3.04. The van der Waals surface area contributed by atoms with Crippen molar-refractivity contribution in [2.75, 3.05) is 10.6 Å². The smallest absolute Gasteiger partial charge is 0.279 e. The molecule has 2 aliphatic heterocycles. The van der Waals surface area contributed by atoms with Gasteiger partial charge in [-0.15, -0.1) is 0 Å². The molecule has 2 aromatic carbocycles. The molecule has 0 saturated carbocycles. The molecular weight excluding hydrogens is 507 g/mol. The molecule has 2 aromatic rings. The molecule has 0 aliphatic carbocycles. The number of hydrogen-bond donors (Lipinski definition) is 3. The van der Waals surface area contributed by atoms with E-state index in [1.54, 1.807) is 36.4 Å². The van der Waals surface area contributed by atoms with E-state index in [2.05, 4.69) is 16.0 Å². The van der Waals surface area contributed by atoms with Gasteiger partial charge in [-0.05, 0) is 55.2 Å². The van der Waals surface area contributed by atoms with Crippen LogP contribution in [0.3, 0.4) is 0 Å². The van der Waals surface area contributed by atoms with E-state index >= 15 is 0 Å². The van der Waals surface area contributed by atoms with E-state index in [0.717, 1.165) is 16.0 Å². The highest BCUT2D eigenvalue weighted by Crippen LogP contribution is 2.29. The van der Waals surface area contributed by atoms with Crippen molar-refractivity contribution in [1.82, 2.24) is 10.2 Å². The van der Waals surface area contributed by atoms with Gasteiger partial charge in [0.25, 0.3) is 11.8 Å². The van der Waals surface area contributed by atoms with E-state index in [1.807, 2.05) is 13.0 Å². The van der Waals surface area contributed by atoms with E-state index in [9.17, 15) is 24.0 Å². The molecule has 0 aromatic heterocycles. The monoisotopic (exact) mass is 528 g/mol. The lowest BCUT2D eigenvalue weighted by Gasteiger charge is -2.28. The Bertz CT molecular complexity index is 1310. The van der Waals surface area contributed by atoms with Crippen molar-refractivity contribution in [3.05, 3.63) is 69.3 Å². The predicted molar refractivity (Wildman–Crippen MR) is 134 cm³/mol. The van der Waals surface area contributed by atoms with Crippen molar-refractivity contribution in [3.8, 4) is 0 Å². The van der Waals surface area contributed by atoms with E-state index in [1.165, 1.54) is 0 Å². The van der Waals surface area contributed by atoms with Crippen molar-refractivity contribution in [1.29, 1.82) is 0 Å². The number of benzene rings is 2. The Kier molecular flexibility index (Phi) is 7.42. The highest BCUT2D eigenvalue weighted by atomic mass is 35.5. The number of amides is 5. The molecule has 9 nitrogen and oxygen atoms in total. The summed E-state index contributed by atoms with van der Waals surface area (Å²) in [5, 5.41) is 8.03. The number of carbonyl (C=O) groups is 5. The second-order valence-corrected chi connectivity index (χ2v) is 9.26. The number of rotatable bonds is 7. The summed E-state index contributed by atoms with van der Waals surface area (Å²) in [6, 6.07) is 11.2. The third kappa shape index (κ3) is 5.42. The number of nitrogens with one attached hydrogen (secondary N) is 3. The highest BCUT2D eigenvalue weighted by molar-refractivity contribution is 6.48. The van der Waals surface area contributed by atoms with Crippen LogP contribution < -0.4 is 16.0 Å². The third-order valence-corrected chi connectivity index (χ3v) is 6.66. The van der Waals surface area contributed by atoms with Crippen molar-refractivity contribution in [3.63, 3.8) is 0 Å². The average molecular weight is 529 g/mol. The quantitative estimate of drug-likeness (QED) is 0.473. The van der Waals surface area contributed by atoms with Gasteiger partial charge in [0.15, 0.2) is 0 Å². The largest absolute Gasteiger partial charge is 0.350 e. The van der Waals surface area contributed by atoms with Crippen LogP contribution in [0.5, 0.6) is 0 Å². The fraction of sp³-hybridized carbons (Fsp3) is 0.240. The van der Waals surface area contributed by atoms with E-state index in [0.29, 0.717) is 22.8 Å². The molecule has 0 radical (unpaired) electrons. The van der Waals surface area contributed by atoms with E-state index < -0.39 is 29.7 Å². The minimum absolute atomic E-state index is 0.0199. The summed E-state index contributed by atoms with van der Waals surface area (Å²) in [6.07, 6.45) is 0.796. The molecule has 1 unspecified atom stereocenters. The standard InChI is InChI=1S/C25H22Cl2N4O5/c1-13-2-6-16(12-17(13)26)28-19(32)10-5-14-3-7-15(8-4-14)29-22-21(27)24(35)31(25(22)36)18-9-11-20(33)30-23(18)34/h2-4,6-8,12,18,29H,5,9-11H2,1H3,(H,28,32)(H,30,33,34). The SMILES string of the molecule is Cc1ccc(NC(=O)CCc2ccc(NC3=C(Cl)C(=O)N(C4CCC(=O)NC4=O)C3=O)cc2)cc1Cl. The molecule has 2 heterocycles. The van der Waals surface area contributed by atoms with Gasteiger partial charge in [-0.25, -0.2) is 0 Å². The summed E-state index contributed by atoms with van der Waals surface area (Å²) in [5.41, 5.74) is 2.79. The number of carbonyl (C=O) groups excluding carboxylic acids is 5. The van der Waals surface area contributed by atoms with Gasteiger partial charge >= 0.3 is 0 Å². The zero-order chi connectivity index (χ0) is 26.0. The molecule has 3 N–H and O–H groups in total. The Morgan fingerprint density at radius 1 is 1.03 bits per heavy atom. The number of nitrogens with zero attached hydrogens (tertiary/aromatic N) is 1. The van der Waals surface area contributed by atoms with Gasteiger partial charge in [-0.1, -0.05) is 41.4 Å². The predicted octanol–water partition coefficient (Wildman–Crippen LogP) is 3.26. The first-order valence-electron chi connectivity index (χ1n) is 11.2. The maximum Gasteiger partial charge on any atom is 0.279 e. The number of hydrogen-bond acceptors (Lipinski definition) is 6. The second-order valence-electron chi connectivity index (χ2n) is 8.47. The van der Waals surface area contributed by atoms with Crippen LogP contribution in [0.15, 0.2) is 53.2 Å². The minimum Gasteiger partial charge on any atom is -0.350 e. The molecule has 36 heavy (non-hydrogen) atoms. The van der Waals surface area contributed by atoms with Crippen LogP contribution in [0, 0.1) is 6.92 Å². The molecule has 1 atom stereocenters. The second kappa shape index (κ2) is 10.5. The molecule has 2 aliphatic rings. The van der Waals surface area contributed by atoms with Crippen molar-refractivity contribution < 1.29 is 24.0 Å². The van der Waals surface area contributed by atoms with Crippen molar-refractivity contribution in [2.24, 2.45) is 0 Å². The fourth-order valence-corrected chi connectivity index (χ4v) is 4.29. The Labute approximate surface area is 216 Å². The molecule has 4 rings (SSSR count). The minimum atomic E-state index is -1.10. The van der Waals surface area contributed by atoms with Gasteiger partial charge < -0.3 is 10.6 Å². The van der Waals surface area contributed by atoms with Crippen LogP contribution in [-0.2, 0) is 30.4 Å². The van der Waals surface area contributed by atoms with Crippen molar-refractivity contribution in [2.45, 2.75) is 38.6 Å². The molecule has 1 saturated heterocycles. The van der Waals surface area contributed by atoms with Crippen LogP contribution >= 0.6 is 23.2 Å². The number of piperidine rings is 1. The Morgan fingerprint density at radius 3 is 2.39 bits per heavy atom. The van der Waals surface area contributed by atoms with Crippen molar-refractivity contribution >= 4 is 64.1 Å². The van der Waals surface area contributed by atoms with Gasteiger partial charge in [0.1, 0.15) is 16.8 Å². The molecule has 0 spiro atoms. The molecular formula is C25H22Cl2N4O5. The fourth-order valence-electron chi connectivity index (χ4n) is 3.89. The maximum atomic E-state index is 12.9. The summed E-state index contributed by atoms with van der Waals surface area (Å²) in [7, 11) is 0. The molecule has 5 amide bonds. The first-order chi connectivity index (χ1) is 17.1. The third-order valence-electron chi connectivity index (χ3n) is 5.90. The van der Waals surface area contributed by atoms with Gasteiger partial charge in [-0.3, -0.25) is 34.2 Å². The lowest BCUT2D eigenvalue weighted by molar-refractivity contribution is -0.149. The lowest BCUT2D eigenvalue weighted by Crippen LogP contribution is -2.54. The zero-order valence-electron chi connectivity index (χ0n) is 19.2. The Balaban J connectivity index is 1.34. The first kappa shape index (κ1) is 25.4. The number of aryl methyl sites for hydroxylation is 2. The first-order valence-corrected chi connectivity index (χ1v) is 11.9. The molecule has 186 valence electrons. The summed E-state index contributed by atoms with van der Waals surface area (Å²) in [5.74, 6) is -2.85. The summed E-state index contributed by atoms with van der Waals surface area (Å²) in [6.45, 7) is 1.88. The van der Waals surface area contributed by atoms with E-state index in [-0.39, 0.29) is 35.9 Å². The normalized spacial score (nSPS) is 18.0. The van der Waals surface area contributed by atoms with Gasteiger partial charge in [0, 0.05) is 29.2 Å². The lowest BCUT2D eigenvalue weighted by atomic mass is 10.0. The van der Waals surface area contributed by atoms with Crippen LogP contribution in [0.4, 0.5) is 11.4 Å². The van der Waals surface area contributed by atoms with Gasteiger partial charge in [-0.2, -0.15) is 0 Å². The number of halogens is 2. The molecule has 1 fully saturated rings. The zero-order valence-corrected chi connectivity index (χ0v) is 20.7. The number of imide groups is 2. The Morgan fingerprint density at radius 2 is 1.72 bits per heavy atom. The molecule has 0 bridgehead atoms. The topological polar surface area (TPSA) is 125 Å². The van der Waals surface area contributed by atoms with Crippen LogP contribution in [0.1, 0.15) is 30.4 Å². The number of anilines is 2. The Hall–Kier alpha value is -3.69. The maximum absolute atomic E-state index is 12.9. The van der Waals surface area contributed by atoms with E-state index in [4.69, 9.17) is 23.2 Å². The van der Waals surface area contributed by atoms with Gasteiger partial charge in [0.05, 0.1) is 0 Å². The summed E-state index contributed by atoms with van der Waals surface area (Å²) < 4.78 is 0. The highest BCUT2D eigenvalue weighted by Gasteiger charge is 2.46. The summed E-state index contributed by atoms with van der Waals surface area (Å²) in [4.78, 5) is 62.0. The van der Waals surface area contributed by atoms with Crippen LogP contribution in [0.25, 0.3) is 0 Å². The van der Waals surface area contributed by atoms with Gasteiger partial charge in [0.2, 0.25) is 17.7 Å². The molecule has 11 heteroatoms. The van der Waals surface area contributed by atoms with Crippen LogP contribution in [-0.4, -0.2) is 40.5 Å².